The molecule has 0 saturated carbocycles. The van der Waals surface area contributed by atoms with Crippen molar-refractivity contribution in [2.45, 2.75) is 19.9 Å². The zero-order valence-electron chi connectivity index (χ0n) is 17.3. The average Bonchev–Trinajstić information content (AvgIpc) is 2.76. The molecular weight excluding hydrogens is 439 g/mol. The molecule has 0 spiro atoms. The van der Waals surface area contributed by atoms with Crippen molar-refractivity contribution >= 4 is 29.0 Å². The molecule has 0 fully saturated rings. The lowest BCUT2D eigenvalue weighted by Gasteiger charge is -2.24. The zero-order chi connectivity index (χ0) is 23.3. The normalized spacial score (nSPS) is 10.7. The Hall–Kier alpha value is -3.59. The number of aromatic amines is 1. The Morgan fingerprint density at radius 2 is 1.94 bits per heavy atom. The van der Waals surface area contributed by atoms with Crippen molar-refractivity contribution in [2.75, 3.05) is 23.8 Å². The van der Waals surface area contributed by atoms with Gasteiger partial charge in [-0.25, -0.2) is 9.18 Å². The first-order valence-electron chi connectivity index (χ1n) is 9.86. The Bertz CT molecular complexity index is 1230. The molecule has 3 N–H and O–H groups in total. The summed E-state index contributed by atoms with van der Waals surface area (Å²) in [4.78, 5) is 41.3. The van der Waals surface area contributed by atoms with E-state index in [9.17, 15) is 18.8 Å². The highest BCUT2D eigenvalue weighted by Gasteiger charge is 2.24. The van der Waals surface area contributed by atoms with Crippen molar-refractivity contribution in [1.82, 2.24) is 9.55 Å². The van der Waals surface area contributed by atoms with Gasteiger partial charge in [-0.2, -0.15) is 0 Å². The first-order valence-corrected chi connectivity index (χ1v) is 10.2. The number of H-pyrrole nitrogens is 1. The van der Waals surface area contributed by atoms with Crippen LogP contribution in [0, 0.1) is 5.82 Å². The van der Waals surface area contributed by atoms with E-state index in [0.717, 1.165) is 17.7 Å². The second-order valence-electron chi connectivity index (χ2n) is 6.97. The van der Waals surface area contributed by atoms with Gasteiger partial charge in [0, 0.05) is 6.54 Å². The van der Waals surface area contributed by atoms with Crippen molar-refractivity contribution in [3.63, 3.8) is 0 Å². The fraction of sp³-hybridized carbons (Fsp3) is 0.227. The van der Waals surface area contributed by atoms with Gasteiger partial charge in [-0.05, 0) is 30.2 Å². The van der Waals surface area contributed by atoms with Gasteiger partial charge in [0.1, 0.15) is 17.4 Å². The first kappa shape index (κ1) is 23.1. The predicted octanol–water partition coefficient (Wildman–Crippen LogP) is 2.78. The largest absolute Gasteiger partial charge is 0.482 e. The second-order valence-corrected chi connectivity index (χ2v) is 7.38. The predicted molar refractivity (Wildman–Crippen MR) is 121 cm³/mol. The molecule has 8 nitrogen and oxygen atoms in total. The van der Waals surface area contributed by atoms with E-state index in [0.29, 0.717) is 6.42 Å². The minimum absolute atomic E-state index is 0.00798. The molecule has 0 aliphatic heterocycles. The molecule has 1 amide bonds. The first-order chi connectivity index (χ1) is 15.3. The van der Waals surface area contributed by atoms with Crippen LogP contribution in [0.5, 0.6) is 5.75 Å². The van der Waals surface area contributed by atoms with Gasteiger partial charge in [0.15, 0.2) is 12.3 Å². The Labute approximate surface area is 188 Å². The van der Waals surface area contributed by atoms with E-state index >= 15 is 0 Å². The van der Waals surface area contributed by atoms with E-state index in [2.05, 4.69) is 4.98 Å². The number of benzene rings is 2. The third kappa shape index (κ3) is 5.17. The minimum atomic E-state index is -0.779. The average molecular weight is 461 g/mol. The van der Waals surface area contributed by atoms with E-state index < -0.39 is 29.6 Å². The number of anilines is 2. The number of nitrogens with two attached hydrogens (primary N) is 1. The summed E-state index contributed by atoms with van der Waals surface area (Å²) >= 11 is 5.93. The summed E-state index contributed by atoms with van der Waals surface area (Å²) in [6, 6.07) is 12.6. The smallest absolute Gasteiger partial charge is 0.330 e. The molecule has 2 aromatic carbocycles. The summed E-state index contributed by atoms with van der Waals surface area (Å²) in [7, 11) is 0. The summed E-state index contributed by atoms with van der Waals surface area (Å²) in [5, 5.41) is 0.00798. The Kier molecular flexibility index (Phi) is 7.32. The lowest BCUT2D eigenvalue weighted by atomic mass is 10.2. The molecule has 168 valence electrons. The number of ether oxygens (including phenoxy) is 1. The second kappa shape index (κ2) is 10.1. The van der Waals surface area contributed by atoms with Crippen LogP contribution in [0.2, 0.25) is 5.02 Å². The highest BCUT2D eigenvalue weighted by atomic mass is 35.5. The number of rotatable bonds is 8. The molecule has 0 aliphatic rings. The number of nitrogen functional groups attached to an aromatic ring is 1. The molecule has 0 unspecified atom stereocenters. The number of amides is 1. The van der Waals surface area contributed by atoms with Crippen LogP contribution in [0.1, 0.15) is 18.9 Å². The molecule has 1 heterocycles. The number of aromatic nitrogens is 2. The van der Waals surface area contributed by atoms with Gasteiger partial charge >= 0.3 is 5.69 Å². The van der Waals surface area contributed by atoms with Crippen molar-refractivity contribution in [1.29, 1.82) is 0 Å². The van der Waals surface area contributed by atoms with Crippen molar-refractivity contribution in [3.8, 4) is 5.75 Å². The Balaban J connectivity index is 1.92. The number of carbonyl (C=O) groups is 1. The topological polar surface area (TPSA) is 110 Å². The molecule has 3 aromatic rings. The third-order valence-electron chi connectivity index (χ3n) is 4.66. The summed E-state index contributed by atoms with van der Waals surface area (Å²) in [6.45, 7) is 1.63. The van der Waals surface area contributed by atoms with E-state index in [-0.39, 0.29) is 35.4 Å². The van der Waals surface area contributed by atoms with Crippen LogP contribution < -0.4 is 26.6 Å². The SMILES string of the molecule is CCCN(C(=O)COc1ccc(F)cc1Cl)c1c(N)n(Cc2ccccc2)c(=O)[nH]c1=O. The van der Waals surface area contributed by atoms with Gasteiger partial charge in [-0.1, -0.05) is 48.9 Å². The maximum absolute atomic E-state index is 13.2. The number of carbonyl (C=O) groups excluding carboxylic acids is 1. The summed E-state index contributed by atoms with van der Waals surface area (Å²) in [5.41, 5.74) is 5.39. The van der Waals surface area contributed by atoms with Crippen molar-refractivity contribution in [2.24, 2.45) is 0 Å². The molecule has 3 rings (SSSR count). The molecule has 10 heteroatoms. The fourth-order valence-corrected chi connectivity index (χ4v) is 3.38. The maximum Gasteiger partial charge on any atom is 0.330 e. The molecule has 0 atom stereocenters. The summed E-state index contributed by atoms with van der Waals surface area (Å²) in [6.07, 6.45) is 0.514. The van der Waals surface area contributed by atoms with Crippen LogP contribution in [0.25, 0.3) is 0 Å². The Morgan fingerprint density at radius 3 is 2.59 bits per heavy atom. The summed E-state index contributed by atoms with van der Waals surface area (Å²) < 4.78 is 19.8. The molecular formula is C22H22ClFN4O4. The number of hydrogen-bond donors (Lipinski definition) is 2. The van der Waals surface area contributed by atoms with Crippen LogP contribution in [-0.2, 0) is 11.3 Å². The van der Waals surface area contributed by atoms with Gasteiger partial charge in [0.05, 0.1) is 11.6 Å². The number of hydrogen-bond acceptors (Lipinski definition) is 5. The Morgan fingerprint density at radius 1 is 1.22 bits per heavy atom. The lowest BCUT2D eigenvalue weighted by molar-refractivity contribution is -0.120. The van der Waals surface area contributed by atoms with E-state index in [1.54, 1.807) is 0 Å². The van der Waals surface area contributed by atoms with Crippen LogP contribution in [0.15, 0.2) is 58.1 Å². The number of nitrogens with one attached hydrogen (secondary N) is 1. The third-order valence-corrected chi connectivity index (χ3v) is 4.96. The number of halogens is 2. The molecule has 0 saturated heterocycles. The standard InChI is InChI=1S/C22H22ClFN4O4/c1-2-10-27(18(29)13-32-17-9-8-15(24)11-16(17)23)19-20(25)28(22(31)26-21(19)30)12-14-6-4-3-5-7-14/h3-9,11H,2,10,12-13,25H2,1H3,(H,26,30,31). The van der Waals surface area contributed by atoms with Crippen LogP contribution in [0.3, 0.4) is 0 Å². The molecule has 1 aromatic heterocycles. The van der Waals surface area contributed by atoms with Gasteiger partial charge in [0.2, 0.25) is 0 Å². The number of nitrogens with zero attached hydrogens (tertiary/aromatic N) is 2. The molecule has 0 radical (unpaired) electrons. The van der Waals surface area contributed by atoms with Gasteiger partial charge in [0.25, 0.3) is 11.5 Å². The quantitative estimate of drug-likeness (QED) is 0.537. The van der Waals surface area contributed by atoms with Crippen LogP contribution in [-0.4, -0.2) is 28.6 Å². The lowest BCUT2D eigenvalue weighted by Crippen LogP contribution is -2.43. The van der Waals surface area contributed by atoms with E-state index in [1.807, 2.05) is 37.3 Å². The highest BCUT2D eigenvalue weighted by molar-refractivity contribution is 6.32. The molecule has 0 aliphatic carbocycles. The van der Waals surface area contributed by atoms with E-state index in [4.69, 9.17) is 22.1 Å². The van der Waals surface area contributed by atoms with Gasteiger partial charge in [-0.3, -0.25) is 19.1 Å². The fourth-order valence-electron chi connectivity index (χ4n) is 3.16. The van der Waals surface area contributed by atoms with E-state index in [1.165, 1.54) is 15.5 Å². The molecule has 0 bridgehead atoms. The van der Waals surface area contributed by atoms with Crippen LogP contribution in [0.4, 0.5) is 15.9 Å². The van der Waals surface area contributed by atoms with Gasteiger partial charge in [-0.15, -0.1) is 0 Å². The van der Waals surface area contributed by atoms with Crippen molar-refractivity contribution in [3.05, 3.63) is 85.8 Å². The minimum Gasteiger partial charge on any atom is -0.482 e. The zero-order valence-corrected chi connectivity index (χ0v) is 18.1. The summed E-state index contributed by atoms with van der Waals surface area (Å²) in [5.74, 6) is -1.13. The van der Waals surface area contributed by atoms with Gasteiger partial charge < -0.3 is 15.4 Å². The molecule has 32 heavy (non-hydrogen) atoms. The highest BCUT2D eigenvalue weighted by Crippen LogP contribution is 2.25. The maximum atomic E-state index is 13.2. The van der Waals surface area contributed by atoms with Crippen molar-refractivity contribution < 1.29 is 13.9 Å². The van der Waals surface area contributed by atoms with Crippen LogP contribution >= 0.6 is 11.6 Å². The monoisotopic (exact) mass is 460 g/mol.